The first-order valence-corrected chi connectivity index (χ1v) is 12.6. The Bertz CT molecular complexity index is 1640. The van der Waals surface area contributed by atoms with Gasteiger partial charge < -0.3 is 19.9 Å². The van der Waals surface area contributed by atoms with E-state index in [0.717, 1.165) is 58.4 Å². The molecule has 0 aliphatic rings. The minimum atomic E-state index is -0.310. The van der Waals surface area contributed by atoms with Gasteiger partial charge in [-0.25, -0.2) is 0 Å². The van der Waals surface area contributed by atoms with Gasteiger partial charge in [0.15, 0.2) is 5.82 Å². The van der Waals surface area contributed by atoms with Crippen molar-refractivity contribution < 1.29 is 4.79 Å². The zero-order valence-electron chi connectivity index (χ0n) is 20.4. The highest BCUT2D eigenvalue weighted by Gasteiger charge is 2.23. The van der Waals surface area contributed by atoms with Crippen LogP contribution in [-0.2, 0) is 30.6 Å². The van der Waals surface area contributed by atoms with E-state index in [1.165, 1.54) is 10.9 Å². The van der Waals surface area contributed by atoms with Gasteiger partial charge in [0.1, 0.15) is 5.82 Å². The minimum Gasteiger partial charge on any atom is -0.361 e. The molecule has 7 heteroatoms. The van der Waals surface area contributed by atoms with Gasteiger partial charge in [-0.2, -0.15) is 0 Å². The van der Waals surface area contributed by atoms with Gasteiger partial charge in [0.25, 0.3) is 0 Å². The summed E-state index contributed by atoms with van der Waals surface area (Å²) in [5, 5.41) is 14.6. The Balaban J connectivity index is 1.34. The predicted molar refractivity (Wildman–Crippen MR) is 145 cm³/mol. The SMILES string of the molecule is O=CN[C@H](Cc1c[nH]c2ccccc12)c1nnc(CCc2c[nH]c3ccccc23)n1Cc1ccccc1. The van der Waals surface area contributed by atoms with Crippen LogP contribution in [0.3, 0.4) is 0 Å². The second-order valence-electron chi connectivity index (χ2n) is 9.31. The van der Waals surface area contributed by atoms with Crippen LogP contribution in [0.25, 0.3) is 21.8 Å². The molecular formula is C30H28N6O. The molecule has 0 spiro atoms. The Labute approximate surface area is 214 Å². The Morgan fingerprint density at radius 2 is 1.43 bits per heavy atom. The summed E-state index contributed by atoms with van der Waals surface area (Å²) < 4.78 is 2.17. The van der Waals surface area contributed by atoms with Crippen LogP contribution in [0.4, 0.5) is 0 Å². The summed E-state index contributed by atoms with van der Waals surface area (Å²) in [5.74, 6) is 1.66. The third-order valence-electron chi connectivity index (χ3n) is 7.01. The lowest BCUT2D eigenvalue weighted by molar-refractivity contribution is -0.110. The molecule has 0 aliphatic heterocycles. The van der Waals surface area contributed by atoms with Gasteiger partial charge >= 0.3 is 0 Å². The lowest BCUT2D eigenvalue weighted by Gasteiger charge is -2.18. The highest BCUT2D eigenvalue weighted by atomic mass is 16.1. The smallest absolute Gasteiger partial charge is 0.207 e. The number of carbonyl (C=O) groups excluding carboxylic acids is 1. The Kier molecular flexibility index (Phi) is 6.25. The van der Waals surface area contributed by atoms with Crippen molar-refractivity contribution in [2.75, 3.05) is 0 Å². The number of aryl methyl sites for hydroxylation is 2. The molecule has 1 amide bonds. The Morgan fingerprint density at radius 1 is 0.784 bits per heavy atom. The maximum absolute atomic E-state index is 11.7. The van der Waals surface area contributed by atoms with Crippen LogP contribution in [0.2, 0.25) is 0 Å². The van der Waals surface area contributed by atoms with Crippen LogP contribution in [0.15, 0.2) is 91.3 Å². The van der Waals surface area contributed by atoms with Crippen LogP contribution in [0.1, 0.15) is 34.4 Å². The molecule has 0 fully saturated rings. The van der Waals surface area contributed by atoms with Crippen LogP contribution in [0.5, 0.6) is 0 Å². The van der Waals surface area contributed by atoms with E-state index in [1.54, 1.807) is 0 Å². The number of hydrogen-bond acceptors (Lipinski definition) is 3. The number of amides is 1. The number of aromatic amines is 2. The predicted octanol–water partition coefficient (Wildman–Crippen LogP) is 5.10. The summed E-state index contributed by atoms with van der Waals surface area (Å²) in [5.41, 5.74) is 5.76. The van der Waals surface area contributed by atoms with E-state index in [-0.39, 0.29) is 6.04 Å². The van der Waals surface area contributed by atoms with Gasteiger partial charge in [0.05, 0.1) is 12.6 Å². The fourth-order valence-electron chi connectivity index (χ4n) is 5.14. The molecule has 3 N–H and O–H groups in total. The summed E-state index contributed by atoms with van der Waals surface area (Å²) in [6, 6.07) is 26.5. The lowest BCUT2D eigenvalue weighted by Crippen LogP contribution is -2.26. The molecule has 7 nitrogen and oxygen atoms in total. The fourth-order valence-corrected chi connectivity index (χ4v) is 5.14. The third-order valence-corrected chi connectivity index (χ3v) is 7.01. The average molecular weight is 489 g/mol. The van der Waals surface area contributed by atoms with Gasteiger partial charge in [-0.3, -0.25) is 4.79 Å². The molecule has 3 aromatic heterocycles. The first kappa shape index (κ1) is 22.8. The van der Waals surface area contributed by atoms with Crippen molar-refractivity contribution in [1.29, 1.82) is 0 Å². The first-order chi connectivity index (χ1) is 18.3. The summed E-state index contributed by atoms with van der Waals surface area (Å²) in [6.07, 6.45) is 7.04. The van der Waals surface area contributed by atoms with Gasteiger partial charge in [0.2, 0.25) is 6.41 Å². The van der Waals surface area contributed by atoms with Crippen molar-refractivity contribution in [2.24, 2.45) is 0 Å². The molecule has 3 heterocycles. The molecule has 0 saturated heterocycles. The molecular weight excluding hydrogens is 460 g/mol. The molecule has 6 aromatic rings. The summed E-state index contributed by atoms with van der Waals surface area (Å²) in [6.45, 7) is 0.636. The molecule has 0 aliphatic carbocycles. The van der Waals surface area contributed by atoms with Gasteiger partial charge in [-0.1, -0.05) is 66.7 Å². The van der Waals surface area contributed by atoms with E-state index in [9.17, 15) is 4.79 Å². The standard InChI is InChI=1S/C30H28N6O/c37-20-33-28(16-23-18-32-27-13-7-5-11-25(23)27)30-35-34-29(36(30)19-21-8-2-1-3-9-21)15-14-22-17-31-26-12-6-4-10-24(22)26/h1-13,17-18,20,28,31-32H,14-16,19H2,(H,33,37)/t28-/m1/s1. The van der Waals surface area contributed by atoms with E-state index in [1.807, 2.05) is 42.6 Å². The van der Waals surface area contributed by atoms with Gasteiger partial charge in [-0.15, -0.1) is 10.2 Å². The van der Waals surface area contributed by atoms with Gasteiger partial charge in [0, 0.05) is 47.0 Å². The zero-order valence-corrected chi connectivity index (χ0v) is 20.4. The third kappa shape index (κ3) is 4.63. The van der Waals surface area contributed by atoms with E-state index in [2.05, 4.69) is 78.7 Å². The molecule has 3 aromatic carbocycles. The summed E-state index contributed by atoms with van der Waals surface area (Å²) >= 11 is 0. The molecule has 6 rings (SSSR count). The lowest BCUT2D eigenvalue weighted by atomic mass is 10.0. The molecule has 0 bridgehead atoms. The first-order valence-electron chi connectivity index (χ1n) is 12.6. The highest BCUT2D eigenvalue weighted by molar-refractivity contribution is 5.83. The zero-order chi connectivity index (χ0) is 25.0. The highest BCUT2D eigenvalue weighted by Crippen LogP contribution is 2.26. The quantitative estimate of drug-likeness (QED) is 0.234. The van der Waals surface area contributed by atoms with Crippen LogP contribution in [-0.4, -0.2) is 31.1 Å². The monoisotopic (exact) mass is 488 g/mol. The fraction of sp³-hybridized carbons (Fsp3) is 0.167. The molecule has 37 heavy (non-hydrogen) atoms. The van der Waals surface area contributed by atoms with E-state index in [4.69, 9.17) is 0 Å². The number of aromatic nitrogens is 5. The number of benzene rings is 3. The van der Waals surface area contributed by atoms with Crippen molar-refractivity contribution >= 4 is 28.2 Å². The summed E-state index contributed by atoms with van der Waals surface area (Å²) in [4.78, 5) is 18.4. The normalized spacial score (nSPS) is 12.2. The maximum Gasteiger partial charge on any atom is 0.207 e. The number of rotatable bonds is 10. The van der Waals surface area contributed by atoms with Crippen molar-refractivity contribution in [1.82, 2.24) is 30.0 Å². The van der Waals surface area contributed by atoms with E-state index < -0.39 is 0 Å². The Hall–Kier alpha value is -4.65. The second-order valence-corrected chi connectivity index (χ2v) is 9.31. The topological polar surface area (TPSA) is 91.4 Å². The number of nitrogens with zero attached hydrogens (tertiary/aromatic N) is 3. The largest absolute Gasteiger partial charge is 0.361 e. The summed E-state index contributed by atoms with van der Waals surface area (Å²) in [7, 11) is 0. The van der Waals surface area contributed by atoms with Crippen LogP contribution < -0.4 is 5.32 Å². The molecule has 1 atom stereocenters. The van der Waals surface area contributed by atoms with Crippen LogP contribution >= 0.6 is 0 Å². The number of nitrogens with one attached hydrogen (secondary N) is 3. The molecule has 0 unspecified atom stereocenters. The van der Waals surface area contributed by atoms with E-state index >= 15 is 0 Å². The molecule has 184 valence electrons. The maximum atomic E-state index is 11.7. The van der Waals surface area contributed by atoms with Crippen molar-refractivity contribution in [3.8, 4) is 0 Å². The van der Waals surface area contributed by atoms with Crippen LogP contribution in [0, 0.1) is 0 Å². The molecule has 0 saturated carbocycles. The van der Waals surface area contributed by atoms with Gasteiger partial charge in [-0.05, 0) is 35.2 Å². The number of para-hydroxylation sites is 2. The number of hydrogen-bond donors (Lipinski definition) is 3. The number of fused-ring (bicyclic) bond motifs is 2. The minimum absolute atomic E-state index is 0.310. The molecule has 0 radical (unpaired) electrons. The number of H-pyrrole nitrogens is 2. The van der Waals surface area contributed by atoms with Crippen molar-refractivity contribution in [2.45, 2.75) is 31.8 Å². The number of carbonyl (C=O) groups is 1. The van der Waals surface area contributed by atoms with Crippen molar-refractivity contribution in [3.05, 3.63) is 120 Å². The second kappa shape index (κ2) is 10.1. The average Bonchev–Trinajstić information content (AvgIpc) is 3.65. The Morgan fingerprint density at radius 3 is 2.16 bits per heavy atom. The van der Waals surface area contributed by atoms with E-state index in [0.29, 0.717) is 13.0 Å². The van der Waals surface area contributed by atoms with Crippen molar-refractivity contribution in [3.63, 3.8) is 0 Å².